The zero-order valence-electron chi connectivity index (χ0n) is 18.9. The van der Waals surface area contributed by atoms with E-state index in [1.165, 1.54) is 32.1 Å². The van der Waals surface area contributed by atoms with Gasteiger partial charge in [0, 0.05) is 49.7 Å². The third-order valence-corrected chi connectivity index (χ3v) is 6.14. The molecule has 1 aromatic heterocycles. The molecular formula is C24H34N6O. The number of carbonyl (C=O) groups excluding carboxylic acids is 1. The first kappa shape index (κ1) is 21.4. The molecule has 1 aliphatic carbocycles. The molecule has 31 heavy (non-hydrogen) atoms. The van der Waals surface area contributed by atoms with Crippen LogP contribution in [0, 0.1) is 20.8 Å². The Kier molecular flexibility index (Phi) is 6.59. The minimum absolute atomic E-state index is 0.0387. The van der Waals surface area contributed by atoms with Crippen molar-refractivity contribution in [2.24, 2.45) is 0 Å². The van der Waals surface area contributed by atoms with Crippen molar-refractivity contribution in [1.82, 2.24) is 14.9 Å². The normalized spacial score (nSPS) is 17.5. The summed E-state index contributed by atoms with van der Waals surface area (Å²) in [4.78, 5) is 26.2. The largest absolute Gasteiger partial charge is 0.353 e. The molecule has 0 bridgehead atoms. The van der Waals surface area contributed by atoms with Crippen molar-refractivity contribution < 1.29 is 4.79 Å². The number of hydrogen-bond acceptors (Lipinski definition) is 5. The predicted molar refractivity (Wildman–Crippen MR) is 126 cm³/mol. The summed E-state index contributed by atoms with van der Waals surface area (Å²) >= 11 is 0. The number of benzene rings is 1. The van der Waals surface area contributed by atoms with Crippen LogP contribution in [-0.2, 0) is 0 Å². The molecule has 7 heteroatoms. The molecule has 0 atom stereocenters. The van der Waals surface area contributed by atoms with Crippen molar-refractivity contribution >= 4 is 23.5 Å². The minimum Gasteiger partial charge on any atom is -0.353 e. The van der Waals surface area contributed by atoms with Gasteiger partial charge in [0.1, 0.15) is 5.82 Å². The highest BCUT2D eigenvalue weighted by Gasteiger charge is 2.23. The lowest BCUT2D eigenvalue weighted by Gasteiger charge is -2.35. The van der Waals surface area contributed by atoms with Gasteiger partial charge in [-0.15, -0.1) is 0 Å². The molecule has 4 rings (SSSR count). The Morgan fingerprint density at radius 2 is 1.58 bits per heavy atom. The number of urea groups is 1. The molecule has 2 aliphatic rings. The van der Waals surface area contributed by atoms with Gasteiger partial charge < -0.3 is 20.4 Å². The number of carbonyl (C=O) groups is 1. The minimum atomic E-state index is -0.0387. The van der Waals surface area contributed by atoms with Gasteiger partial charge in [0.2, 0.25) is 5.95 Å². The van der Waals surface area contributed by atoms with Crippen molar-refractivity contribution in [2.75, 3.05) is 41.7 Å². The molecule has 0 unspecified atom stereocenters. The van der Waals surface area contributed by atoms with Crippen molar-refractivity contribution in [2.45, 2.75) is 58.9 Å². The van der Waals surface area contributed by atoms with Crippen molar-refractivity contribution in [1.29, 1.82) is 0 Å². The van der Waals surface area contributed by atoms with Gasteiger partial charge >= 0.3 is 6.03 Å². The number of rotatable bonds is 4. The Bertz CT molecular complexity index is 896. The van der Waals surface area contributed by atoms with Crippen LogP contribution >= 0.6 is 0 Å². The molecule has 2 N–H and O–H groups in total. The lowest BCUT2D eigenvalue weighted by Crippen LogP contribution is -2.50. The molecule has 166 valence electrons. The van der Waals surface area contributed by atoms with Crippen LogP contribution < -0.4 is 15.5 Å². The maximum Gasteiger partial charge on any atom is 0.321 e. The quantitative estimate of drug-likeness (QED) is 0.759. The van der Waals surface area contributed by atoms with Gasteiger partial charge in [-0.05, 0) is 56.9 Å². The Hall–Kier alpha value is -2.83. The molecular weight excluding hydrogens is 388 g/mol. The summed E-state index contributed by atoms with van der Waals surface area (Å²) in [5, 5.41) is 6.59. The maximum atomic E-state index is 12.7. The van der Waals surface area contributed by atoms with Gasteiger partial charge in [-0.3, -0.25) is 0 Å². The Morgan fingerprint density at radius 1 is 0.903 bits per heavy atom. The average molecular weight is 423 g/mol. The number of aromatic nitrogens is 2. The average Bonchev–Trinajstić information content (AvgIpc) is 2.73. The van der Waals surface area contributed by atoms with Gasteiger partial charge in [0.05, 0.1) is 0 Å². The number of anilines is 3. The van der Waals surface area contributed by atoms with E-state index in [4.69, 9.17) is 4.98 Å². The van der Waals surface area contributed by atoms with E-state index in [0.717, 1.165) is 47.4 Å². The van der Waals surface area contributed by atoms with Crippen LogP contribution in [0.15, 0.2) is 24.3 Å². The predicted octanol–water partition coefficient (Wildman–Crippen LogP) is 4.50. The summed E-state index contributed by atoms with van der Waals surface area (Å²) in [5.74, 6) is 1.68. The van der Waals surface area contributed by atoms with E-state index < -0.39 is 0 Å². The van der Waals surface area contributed by atoms with E-state index in [9.17, 15) is 4.79 Å². The van der Waals surface area contributed by atoms with Crippen LogP contribution in [0.3, 0.4) is 0 Å². The highest BCUT2D eigenvalue weighted by atomic mass is 16.2. The SMILES string of the molecule is Cc1cc(C)cc(NC(=O)N2CCN(c3cc(C)nc(NC4CCCCC4)n3)CC2)c1. The van der Waals surface area contributed by atoms with E-state index in [-0.39, 0.29) is 6.03 Å². The van der Waals surface area contributed by atoms with Crippen molar-refractivity contribution in [3.05, 3.63) is 41.1 Å². The first-order valence-corrected chi connectivity index (χ1v) is 11.5. The zero-order valence-corrected chi connectivity index (χ0v) is 18.9. The number of aryl methyl sites for hydroxylation is 3. The Balaban J connectivity index is 1.35. The summed E-state index contributed by atoms with van der Waals surface area (Å²) in [7, 11) is 0. The van der Waals surface area contributed by atoms with Crippen LogP contribution in [0.25, 0.3) is 0 Å². The number of nitrogens with zero attached hydrogens (tertiary/aromatic N) is 4. The summed E-state index contributed by atoms with van der Waals surface area (Å²) in [5.41, 5.74) is 4.13. The summed E-state index contributed by atoms with van der Waals surface area (Å²) < 4.78 is 0. The van der Waals surface area contributed by atoms with Crippen LogP contribution in [-0.4, -0.2) is 53.1 Å². The van der Waals surface area contributed by atoms with E-state index in [0.29, 0.717) is 19.1 Å². The number of amides is 2. The number of hydrogen-bond donors (Lipinski definition) is 2. The lowest BCUT2D eigenvalue weighted by molar-refractivity contribution is 0.208. The van der Waals surface area contributed by atoms with E-state index >= 15 is 0 Å². The fourth-order valence-corrected chi connectivity index (χ4v) is 4.60. The first-order chi connectivity index (χ1) is 15.0. The molecule has 2 fully saturated rings. The van der Waals surface area contributed by atoms with Gasteiger partial charge in [-0.1, -0.05) is 25.3 Å². The Morgan fingerprint density at radius 3 is 2.26 bits per heavy atom. The first-order valence-electron chi connectivity index (χ1n) is 11.5. The van der Waals surface area contributed by atoms with Crippen LogP contribution in [0.1, 0.15) is 48.9 Å². The molecule has 0 radical (unpaired) electrons. The van der Waals surface area contributed by atoms with Gasteiger partial charge in [0.25, 0.3) is 0 Å². The molecule has 2 heterocycles. The van der Waals surface area contributed by atoms with E-state index in [2.05, 4.69) is 26.6 Å². The molecule has 2 amide bonds. The van der Waals surface area contributed by atoms with Gasteiger partial charge in [0.15, 0.2) is 0 Å². The molecule has 1 aromatic carbocycles. The standard InChI is InChI=1S/C24H34N6O/c1-17-13-18(2)15-21(14-17)27-24(31)30-11-9-29(10-12-30)22-16-19(3)25-23(28-22)26-20-7-5-4-6-8-20/h13-16,20H,4-12H2,1-3H3,(H,27,31)(H,25,26,28). The van der Waals surface area contributed by atoms with Crippen molar-refractivity contribution in [3.8, 4) is 0 Å². The molecule has 7 nitrogen and oxygen atoms in total. The van der Waals surface area contributed by atoms with Crippen LogP contribution in [0.2, 0.25) is 0 Å². The smallest absolute Gasteiger partial charge is 0.321 e. The fourth-order valence-electron chi connectivity index (χ4n) is 4.60. The lowest BCUT2D eigenvalue weighted by atomic mass is 9.96. The molecule has 1 saturated carbocycles. The van der Waals surface area contributed by atoms with Gasteiger partial charge in [-0.2, -0.15) is 4.98 Å². The molecule has 1 saturated heterocycles. The second kappa shape index (κ2) is 9.54. The maximum absolute atomic E-state index is 12.7. The third-order valence-electron chi connectivity index (χ3n) is 6.14. The third kappa shape index (κ3) is 5.66. The second-order valence-electron chi connectivity index (χ2n) is 8.95. The summed E-state index contributed by atoms with van der Waals surface area (Å²) in [6, 6.07) is 8.60. The van der Waals surface area contributed by atoms with Crippen LogP contribution in [0.4, 0.5) is 22.2 Å². The molecule has 2 aromatic rings. The van der Waals surface area contributed by atoms with E-state index in [1.807, 2.05) is 43.9 Å². The van der Waals surface area contributed by atoms with Crippen molar-refractivity contribution in [3.63, 3.8) is 0 Å². The summed E-state index contributed by atoms with van der Waals surface area (Å²) in [6.07, 6.45) is 6.28. The zero-order chi connectivity index (χ0) is 21.8. The fraction of sp³-hybridized carbons (Fsp3) is 0.542. The monoisotopic (exact) mass is 422 g/mol. The Labute approximate surface area is 185 Å². The molecule has 1 aliphatic heterocycles. The van der Waals surface area contributed by atoms with Crippen LogP contribution in [0.5, 0.6) is 0 Å². The number of piperazine rings is 1. The highest BCUT2D eigenvalue weighted by Crippen LogP contribution is 2.23. The highest BCUT2D eigenvalue weighted by molar-refractivity contribution is 5.89. The summed E-state index contributed by atoms with van der Waals surface area (Å²) in [6.45, 7) is 8.98. The van der Waals surface area contributed by atoms with E-state index in [1.54, 1.807) is 0 Å². The molecule has 0 spiro atoms. The van der Waals surface area contributed by atoms with Gasteiger partial charge in [-0.25, -0.2) is 9.78 Å². The second-order valence-corrected chi connectivity index (χ2v) is 8.95. The number of nitrogens with one attached hydrogen (secondary N) is 2. The topological polar surface area (TPSA) is 73.4 Å².